The Labute approximate surface area is 135 Å². The summed E-state index contributed by atoms with van der Waals surface area (Å²) in [6.45, 7) is 7.77. The van der Waals surface area contributed by atoms with Crippen LogP contribution in [0.4, 0.5) is 17.2 Å². The average Bonchev–Trinajstić information content (AvgIpc) is 2.58. The molecule has 0 unspecified atom stereocenters. The molecule has 120 valence electrons. The summed E-state index contributed by atoms with van der Waals surface area (Å²) >= 11 is 0. The standard InChI is InChI=1S/C17H20N4O2/c1-13-7-8-18-17(14(13)2)20-11-9-19(10-12-20)15-3-5-16(6-4-15)21(22)23/h3-8H,9-12H2,1-2H3. The number of aromatic nitrogens is 1. The molecule has 2 aromatic rings. The monoisotopic (exact) mass is 312 g/mol. The lowest BCUT2D eigenvalue weighted by atomic mass is 10.1. The predicted molar refractivity (Wildman–Crippen MR) is 91.2 cm³/mol. The summed E-state index contributed by atoms with van der Waals surface area (Å²) in [5.74, 6) is 1.06. The van der Waals surface area contributed by atoms with Crippen LogP contribution in [0.5, 0.6) is 0 Å². The zero-order valence-corrected chi connectivity index (χ0v) is 13.4. The van der Waals surface area contributed by atoms with Crippen molar-refractivity contribution < 1.29 is 4.92 Å². The first-order valence-electron chi connectivity index (χ1n) is 7.73. The number of aryl methyl sites for hydroxylation is 1. The summed E-state index contributed by atoms with van der Waals surface area (Å²) in [6, 6.07) is 8.81. The number of benzene rings is 1. The van der Waals surface area contributed by atoms with Crippen LogP contribution in [-0.4, -0.2) is 36.1 Å². The number of nitrogens with zero attached hydrogens (tertiary/aromatic N) is 4. The minimum absolute atomic E-state index is 0.131. The van der Waals surface area contributed by atoms with E-state index in [0.717, 1.165) is 37.7 Å². The fraction of sp³-hybridized carbons (Fsp3) is 0.353. The second kappa shape index (κ2) is 6.24. The number of non-ortho nitro benzene ring substituents is 1. The molecule has 1 aliphatic heterocycles. The summed E-state index contributed by atoms with van der Waals surface area (Å²) in [6.07, 6.45) is 1.86. The van der Waals surface area contributed by atoms with Gasteiger partial charge in [0.05, 0.1) is 4.92 Å². The van der Waals surface area contributed by atoms with Crippen LogP contribution in [-0.2, 0) is 0 Å². The van der Waals surface area contributed by atoms with Crippen molar-refractivity contribution in [2.45, 2.75) is 13.8 Å². The van der Waals surface area contributed by atoms with Crippen LogP contribution in [0.2, 0.25) is 0 Å². The summed E-state index contributed by atoms with van der Waals surface area (Å²) in [5.41, 5.74) is 3.65. The molecule has 0 aliphatic carbocycles. The SMILES string of the molecule is Cc1ccnc(N2CCN(c3ccc([N+](=O)[O-])cc3)CC2)c1C. The minimum Gasteiger partial charge on any atom is -0.368 e. The smallest absolute Gasteiger partial charge is 0.269 e. The number of piperazine rings is 1. The van der Waals surface area contributed by atoms with Crippen molar-refractivity contribution in [3.05, 3.63) is 57.8 Å². The first-order chi connectivity index (χ1) is 11.1. The molecule has 2 heterocycles. The van der Waals surface area contributed by atoms with E-state index in [1.165, 1.54) is 11.1 Å². The summed E-state index contributed by atoms with van der Waals surface area (Å²) in [4.78, 5) is 19.4. The number of hydrogen-bond acceptors (Lipinski definition) is 5. The van der Waals surface area contributed by atoms with Crippen molar-refractivity contribution in [2.75, 3.05) is 36.0 Å². The van der Waals surface area contributed by atoms with Crippen LogP contribution >= 0.6 is 0 Å². The van der Waals surface area contributed by atoms with Gasteiger partial charge in [0.15, 0.2) is 0 Å². The molecular weight excluding hydrogens is 292 g/mol. The Morgan fingerprint density at radius 2 is 1.61 bits per heavy atom. The van der Waals surface area contributed by atoms with Gasteiger partial charge < -0.3 is 9.80 Å². The molecule has 1 saturated heterocycles. The van der Waals surface area contributed by atoms with Crippen LogP contribution in [0.1, 0.15) is 11.1 Å². The first kappa shape index (κ1) is 15.3. The minimum atomic E-state index is -0.367. The van der Waals surface area contributed by atoms with E-state index in [0.29, 0.717) is 0 Å². The highest BCUT2D eigenvalue weighted by atomic mass is 16.6. The van der Waals surface area contributed by atoms with Gasteiger partial charge in [-0.15, -0.1) is 0 Å². The number of rotatable bonds is 3. The van der Waals surface area contributed by atoms with Gasteiger partial charge in [0.1, 0.15) is 5.82 Å². The van der Waals surface area contributed by atoms with Gasteiger partial charge in [0, 0.05) is 50.2 Å². The molecule has 6 heteroatoms. The first-order valence-corrected chi connectivity index (χ1v) is 7.73. The zero-order chi connectivity index (χ0) is 16.4. The molecule has 0 atom stereocenters. The highest BCUT2D eigenvalue weighted by molar-refractivity contribution is 5.54. The van der Waals surface area contributed by atoms with E-state index in [1.54, 1.807) is 12.1 Å². The van der Waals surface area contributed by atoms with E-state index in [4.69, 9.17) is 0 Å². The Hall–Kier alpha value is -2.63. The normalized spacial score (nSPS) is 14.9. The lowest BCUT2D eigenvalue weighted by Gasteiger charge is -2.37. The van der Waals surface area contributed by atoms with Crippen molar-refractivity contribution in [1.82, 2.24) is 4.98 Å². The van der Waals surface area contributed by atoms with Crippen molar-refractivity contribution in [3.8, 4) is 0 Å². The summed E-state index contributed by atoms with van der Waals surface area (Å²) in [5, 5.41) is 10.7. The molecule has 23 heavy (non-hydrogen) atoms. The maximum atomic E-state index is 10.7. The molecule has 1 aromatic carbocycles. The van der Waals surface area contributed by atoms with Crippen molar-refractivity contribution in [3.63, 3.8) is 0 Å². The quantitative estimate of drug-likeness (QED) is 0.644. The third kappa shape index (κ3) is 3.11. The number of pyridine rings is 1. The number of anilines is 2. The lowest BCUT2D eigenvalue weighted by Crippen LogP contribution is -2.47. The second-order valence-electron chi connectivity index (χ2n) is 5.82. The summed E-state index contributed by atoms with van der Waals surface area (Å²) < 4.78 is 0. The molecule has 6 nitrogen and oxygen atoms in total. The van der Waals surface area contributed by atoms with Gasteiger partial charge in [-0.3, -0.25) is 10.1 Å². The van der Waals surface area contributed by atoms with Gasteiger partial charge in [-0.2, -0.15) is 0 Å². The predicted octanol–water partition coefficient (Wildman–Crippen LogP) is 2.93. The molecule has 3 rings (SSSR count). The third-order valence-electron chi connectivity index (χ3n) is 4.45. The lowest BCUT2D eigenvalue weighted by molar-refractivity contribution is -0.384. The van der Waals surface area contributed by atoms with Crippen molar-refractivity contribution in [1.29, 1.82) is 0 Å². The Balaban J connectivity index is 1.68. The largest absolute Gasteiger partial charge is 0.368 e. The molecule has 0 amide bonds. The fourth-order valence-electron chi connectivity index (χ4n) is 2.90. The van der Waals surface area contributed by atoms with Crippen LogP contribution in [0.3, 0.4) is 0 Å². The van der Waals surface area contributed by atoms with Crippen LogP contribution in [0.15, 0.2) is 36.5 Å². The molecule has 0 saturated carbocycles. The third-order valence-corrected chi connectivity index (χ3v) is 4.45. The molecule has 0 spiro atoms. The molecule has 1 aliphatic rings. The van der Waals surface area contributed by atoms with Crippen molar-refractivity contribution >= 4 is 17.2 Å². The Morgan fingerprint density at radius 1 is 1.00 bits per heavy atom. The average molecular weight is 312 g/mol. The highest BCUT2D eigenvalue weighted by Gasteiger charge is 2.20. The van der Waals surface area contributed by atoms with Crippen LogP contribution in [0.25, 0.3) is 0 Å². The van der Waals surface area contributed by atoms with E-state index < -0.39 is 0 Å². The van der Waals surface area contributed by atoms with Gasteiger partial charge in [-0.05, 0) is 43.2 Å². The van der Waals surface area contributed by atoms with Gasteiger partial charge in [-0.1, -0.05) is 0 Å². The Bertz CT molecular complexity index is 707. The van der Waals surface area contributed by atoms with Gasteiger partial charge in [-0.25, -0.2) is 4.98 Å². The maximum Gasteiger partial charge on any atom is 0.269 e. The van der Waals surface area contributed by atoms with E-state index in [9.17, 15) is 10.1 Å². The van der Waals surface area contributed by atoms with E-state index in [1.807, 2.05) is 24.4 Å². The summed E-state index contributed by atoms with van der Waals surface area (Å²) in [7, 11) is 0. The fourth-order valence-corrected chi connectivity index (χ4v) is 2.90. The maximum absolute atomic E-state index is 10.7. The molecule has 1 fully saturated rings. The number of nitro benzene ring substituents is 1. The van der Waals surface area contributed by atoms with E-state index >= 15 is 0 Å². The van der Waals surface area contributed by atoms with E-state index in [-0.39, 0.29) is 10.6 Å². The molecular formula is C17H20N4O2. The molecule has 0 radical (unpaired) electrons. The van der Waals surface area contributed by atoms with Gasteiger partial charge in [0.25, 0.3) is 5.69 Å². The van der Waals surface area contributed by atoms with Crippen LogP contribution in [0, 0.1) is 24.0 Å². The zero-order valence-electron chi connectivity index (χ0n) is 13.4. The highest BCUT2D eigenvalue weighted by Crippen LogP contribution is 2.24. The molecule has 1 aromatic heterocycles. The van der Waals surface area contributed by atoms with E-state index in [2.05, 4.69) is 28.6 Å². The Kier molecular flexibility index (Phi) is 4.14. The number of hydrogen-bond donors (Lipinski definition) is 0. The van der Waals surface area contributed by atoms with Gasteiger partial charge in [0.2, 0.25) is 0 Å². The molecule has 0 N–H and O–H groups in total. The van der Waals surface area contributed by atoms with Crippen LogP contribution < -0.4 is 9.80 Å². The molecule has 0 bridgehead atoms. The topological polar surface area (TPSA) is 62.5 Å². The second-order valence-corrected chi connectivity index (χ2v) is 5.82. The Morgan fingerprint density at radius 3 is 2.22 bits per heavy atom. The van der Waals surface area contributed by atoms with Crippen molar-refractivity contribution in [2.24, 2.45) is 0 Å². The number of nitro groups is 1. The van der Waals surface area contributed by atoms with Gasteiger partial charge >= 0.3 is 0 Å².